The van der Waals surface area contributed by atoms with E-state index in [1.165, 1.54) is 10.2 Å². The molecule has 0 saturated carbocycles. The standard InChI is InChI=1S/C18H21F5N4O5/c1-16(32,14(30)24-9-17(19,20)18(21,22)23)15(31)26-11-8-27(6-7-28)12-5-3-2-4-10(12)25-13(11)29/h2-5,11,28,32H,6-9H2,1H3,(H,24,30)(H,25,29)(H,26,31). The van der Waals surface area contributed by atoms with Crippen LogP contribution in [0.3, 0.4) is 0 Å². The van der Waals surface area contributed by atoms with E-state index in [0.717, 1.165) is 0 Å². The summed E-state index contributed by atoms with van der Waals surface area (Å²) in [7, 11) is 0. The van der Waals surface area contributed by atoms with E-state index in [9.17, 15) is 46.5 Å². The number of anilines is 2. The molecule has 0 spiro atoms. The van der Waals surface area contributed by atoms with Crippen LogP contribution >= 0.6 is 0 Å². The van der Waals surface area contributed by atoms with Crippen molar-refractivity contribution >= 4 is 29.1 Å². The number of fused-ring (bicyclic) bond motifs is 1. The molecule has 0 aromatic heterocycles. The number of hydrogen-bond acceptors (Lipinski definition) is 6. The first kappa shape index (κ1) is 25.3. The molecular weight excluding hydrogens is 447 g/mol. The monoisotopic (exact) mass is 468 g/mol. The van der Waals surface area contributed by atoms with E-state index < -0.39 is 48.0 Å². The number of carbonyl (C=O) groups excluding carboxylic acids is 3. The van der Waals surface area contributed by atoms with Gasteiger partial charge in [0.1, 0.15) is 6.04 Å². The van der Waals surface area contributed by atoms with Crippen LogP contribution in [-0.2, 0) is 14.4 Å². The van der Waals surface area contributed by atoms with Crippen LogP contribution in [0.4, 0.5) is 33.3 Å². The van der Waals surface area contributed by atoms with Gasteiger partial charge in [0.2, 0.25) is 11.5 Å². The molecule has 0 saturated heterocycles. The molecule has 1 aliphatic rings. The van der Waals surface area contributed by atoms with Gasteiger partial charge in [0, 0.05) is 13.1 Å². The van der Waals surface area contributed by atoms with Gasteiger partial charge in [-0.3, -0.25) is 14.4 Å². The van der Waals surface area contributed by atoms with Gasteiger partial charge in [-0.25, -0.2) is 0 Å². The van der Waals surface area contributed by atoms with Gasteiger partial charge in [-0.05, 0) is 19.1 Å². The van der Waals surface area contributed by atoms with E-state index in [-0.39, 0.29) is 19.7 Å². The second-order valence-electron chi connectivity index (χ2n) is 7.16. The number of para-hydroxylation sites is 2. The van der Waals surface area contributed by atoms with Crippen molar-refractivity contribution in [1.29, 1.82) is 0 Å². The highest BCUT2D eigenvalue weighted by Gasteiger charge is 2.58. The van der Waals surface area contributed by atoms with E-state index in [4.69, 9.17) is 0 Å². The highest BCUT2D eigenvalue weighted by molar-refractivity contribution is 6.10. The van der Waals surface area contributed by atoms with Crippen molar-refractivity contribution in [2.45, 2.75) is 30.7 Å². The van der Waals surface area contributed by atoms with Gasteiger partial charge >= 0.3 is 12.1 Å². The number of aliphatic hydroxyl groups excluding tert-OH is 1. The first-order valence-electron chi connectivity index (χ1n) is 9.22. The number of aliphatic hydroxyl groups is 2. The van der Waals surface area contributed by atoms with Crippen LogP contribution in [-0.4, -0.2) is 77.9 Å². The molecule has 32 heavy (non-hydrogen) atoms. The number of rotatable bonds is 7. The number of hydrogen-bond donors (Lipinski definition) is 5. The number of benzene rings is 1. The Hall–Kier alpha value is -3.00. The predicted molar refractivity (Wildman–Crippen MR) is 101 cm³/mol. The summed E-state index contributed by atoms with van der Waals surface area (Å²) in [5.74, 6) is -9.35. The van der Waals surface area contributed by atoms with Crippen LogP contribution in [0, 0.1) is 0 Å². The molecule has 9 nitrogen and oxygen atoms in total. The van der Waals surface area contributed by atoms with Crippen LogP contribution in [0.2, 0.25) is 0 Å². The van der Waals surface area contributed by atoms with Gasteiger partial charge in [0.25, 0.3) is 11.8 Å². The Morgan fingerprint density at radius 3 is 2.41 bits per heavy atom. The Kier molecular flexibility index (Phi) is 7.29. The number of β-amino-alcohol motifs (C(OH)–C–C–N with tert-alkyl or cyclic N) is 1. The van der Waals surface area contributed by atoms with Crippen molar-refractivity contribution in [2.24, 2.45) is 0 Å². The molecule has 0 fully saturated rings. The predicted octanol–water partition coefficient (Wildman–Crippen LogP) is -0.0130. The van der Waals surface area contributed by atoms with Crippen molar-refractivity contribution in [1.82, 2.24) is 10.6 Å². The zero-order valence-corrected chi connectivity index (χ0v) is 16.7. The summed E-state index contributed by atoms with van der Waals surface area (Å²) in [5, 5.41) is 25.2. The lowest BCUT2D eigenvalue weighted by Crippen LogP contribution is -2.61. The maximum absolute atomic E-state index is 13.0. The third-order valence-corrected chi connectivity index (χ3v) is 4.67. The summed E-state index contributed by atoms with van der Waals surface area (Å²) in [5.41, 5.74) is -2.18. The lowest BCUT2D eigenvalue weighted by atomic mass is 10.0. The zero-order chi connectivity index (χ0) is 24.3. The number of halogens is 5. The molecule has 1 aromatic rings. The lowest BCUT2D eigenvalue weighted by Gasteiger charge is -2.28. The third-order valence-electron chi connectivity index (χ3n) is 4.67. The summed E-state index contributed by atoms with van der Waals surface area (Å²) < 4.78 is 62.7. The number of carbonyl (C=O) groups is 3. The highest BCUT2D eigenvalue weighted by Crippen LogP contribution is 2.34. The molecule has 178 valence electrons. The molecule has 5 N–H and O–H groups in total. The topological polar surface area (TPSA) is 131 Å². The Bertz CT molecular complexity index is 878. The second kappa shape index (κ2) is 9.24. The zero-order valence-electron chi connectivity index (χ0n) is 16.7. The minimum atomic E-state index is -5.95. The Balaban J connectivity index is 2.12. The summed E-state index contributed by atoms with van der Waals surface area (Å²) in [6.07, 6.45) is -5.95. The SMILES string of the molecule is CC(O)(C(=O)NCC(F)(F)C(F)(F)F)C(=O)NC1CN(CCO)c2ccccc2NC1=O. The van der Waals surface area contributed by atoms with Crippen molar-refractivity contribution in [3.05, 3.63) is 24.3 Å². The molecule has 1 aliphatic heterocycles. The fourth-order valence-electron chi connectivity index (χ4n) is 2.79. The summed E-state index contributed by atoms with van der Waals surface area (Å²) in [6, 6.07) is 5.13. The molecule has 0 aliphatic carbocycles. The number of alkyl halides is 5. The molecule has 1 heterocycles. The molecule has 14 heteroatoms. The minimum Gasteiger partial charge on any atom is -0.395 e. The molecule has 0 bridgehead atoms. The quantitative estimate of drug-likeness (QED) is 0.283. The molecule has 1 aromatic carbocycles. The fraction of sp³-hybridized carbons (Fsp3) is 0.500. The van der Waals surface area contributed by atoms with Crippen LogP contribution in [0.5, 0.6) is 0 Å². The average molecular weight is 468 g/mol. The van der Waals surface area contributed by atoms with Crippen molar-refractivity contribution < 1.29 is 46.5 Å². The van der Waals surface area contributed by atoms with Crippen LogP contribution in [0.25, 0.3) is 0 Å². The van der Waals surface area contributed by atoms with E-state index in [2.05, 4.69) is 10.6 Å². The van der Waals surface area contributed by atoms with Crippen molar-refractivity contribution in [2.75, 3.05) is 36.5 Å². The van der Waals surface area contributed by atoms with E-state index in [0.29, 0.717) is 18.3 Å². The van der Waals surface area contributed by atoms with Gasteiger partial charge in [0.05, 0.1) is 24.5 Å². The van der Waals surface area contributed by atoms with Gasteiger partial charge in [-0.15, -0.1) is 0 Å². The Morgan fingerprint density at radius 1 is 1.19 bits per heavy atom. The van der Waals surface area contributed by atoms with Gasteiger partial charge < -0.3 is 31.1 Å². The maximum Gasteiger partial charge on any atom is 0.455 e. The maximum atomic E-state index is 13.0. The summed E-state index contributed by atoms with van der Waals surface area (Å²) >= 11 is 0. The van der Waals surface area contributed by atoms with Gasteiger partial charge in [-0.1, -0.05) is 12.1 Å². The van der Waals surface area contributed by atoms with Crippen LogP contribution in [0.1, 0.15) is 6.92 Å². The third kappa shape index (κ3) is 5.43. The lowest BCUT2D eigenvalue weighted by molar-refractivity contribution is -0.278. The minimum absolute atomic E-state index is 0.0573. The van der Waals surface area contributed by atoms with Gasteiger partial charge in [0.15, 0.2) is 0 Å². The first-order valence-corrected chi connectivity index (χ1v) is 9.22. The Morgan fingerprint density at radius 2 is 1.81 bits per heavy atom. The smallest absolute Gasteiger partial charge is 0.395 e. The average Bonchev–Trinajstić information content (AvgIpc) is 2.82. The summed E-state index contributed by atoms with van der Waals surface area (Å²) in [6.45, 7) is -2.06. The second-order valence-corrected chi connectivity index (χ2v) is 7.16. The number of nitrogens with zero attached hydrogens (tertiary/aromatic N) is 1. The number of nitrogens with one attached hydrogen (secondary N) is 3. The Labute approximate surface area is 178 Å². The first-order chi connectivity index (χ1) is 14.7. The number of amides is 3. The molecule has 2 atom stereocenters. The van der Waals surface area contributed by atoms with E-state index in [1.807, 2.05) is 0 Å². The fourth-order valence-corrected chi connectivity index (χ4v) is 2.79. The molecule has 2 unspecified atom stereocenters. The van der Waals surface area contributed by atoms with Crippen LogP contribution in [0.15, 0.2) is 24.3 Å². The molecule has 3 amide bonds. The largest absolute Gasteiger partial charge is 0.455 e. The van der Waals surface area contributed by atoms with E-state index in [1.54, 1.807) is 24.3 Å². The van der Waals surface area contributed by atoms with Crippen LogP contribution < -0.4 is 20.9 Å². The molecular formula is C18H21F5N4O5. The highest BCUT2D eigenvalue weighted by atomic mass is 19.4. The molecule has 0 radical (unpaired) electrons. The van der Waals surface area contributed by atoms with E-state index >= 15 is 0 Å². The van der Waals surface area contributed by atoms with Crippen molar-refractivity contribution in [3.63, 3.8) is 0 Å². The van der Waals surface area contributed by atoms with Crippen molar-refractivity contribution in [3.8, 4) is 0 Å². The van der Waals surface area contributed by atoms with Gasteiger partial charge in [-0.2, -0.15) is 22.0 Å². The normalized spacial score (nSPS) is 18.7. The molecule has 2 rings (SSSR count). The summed E-state index contributed by atoms with van der Waals surface area (Å²) in [4.78, 5) is 38.4.